The van der Waals surface area contributed by atoms with E-state index in [1.54, 1.807) is 34.8 Å². The highest BCUT2D eigenvalue weighted by atomic mass is 32.2. The highest BCUT2D eigenvalue weighted by molar-refractivity contribution is 7.89. The Bertz CT molecular complexity index is 976. The second-order valence-corrected chi connectivity index (χ2v) is 9.93. The lowest BCUT2D eigenvalue weighted by Crippen LogP contribution is -2.35. The van der Waals surface area contributed by atoms with Crippen LogP contribution in [0.15, 0.2) is 41.4 Å². The summed E-state index contributed by atoms with van der Waals surface area (Å²) in [6.45, 7) is 1.18. The lowest BCUT2D eigenvalue weighted by atomic mass is 10.2. The summed E-state index contributed by atoms with van der Waals surface area (Å²) >= 11 is 0. The zero-order valence-corrected chi connectivity index (χ0v) is 17.9. The Hall–Kier alpha value is -2.39. The molecule has 162 valence electrons. The molecule has 1 amide bonds. The Labute approximate surface area is 177 Å². The quantitative estimate of drug-likeness (QED) is 0.702. The first kappa shape index (κ1) is 20.9. The van der Waals surface area contributed by atoms with Gasteiger partial charge in [-0.1, -0.05) is 25.3 Å². The second kappa shape index (κ2) is 9.18. The van der Waals surface area contributed by atoms with Gasteiger partial charge in [0.05, 0.1) is 23.7 Å². The molecule has 2 aliphatic rings. The van der Waals surface area contributed by atoms with Crippen molar-refractivity contribution in [2.75, 3.05) is 30.3 Å². The van der Waals surface area contributed by atoms with Crippen LogP contribution >= 0.6 is 0 Å². The summed E-state index contributed by atoms with van der Waals surface area (Å²) in [5, 5.41) is 10.3. The van der Waals surface area contributed by atoms with Gasteiger partial charge in [0.2, 0.25) is 15.9 Å². The molecule has 4 rings (SSSR count). The number of rotatable bonds is 7. The fourth-order valence-corrected chi connectivity index (χ4v) is 5.81. The molecule has 0 unspecified atom stereocenters. The molecule has 1 aromatic heterocycles. The number of piperidine rings is 1. The van der Waals surface area contributed by atoms with E-state index in [1.807, 2.05) is 10.7 Å². The van der Waals surface area contributed by atoms with Crippen LogP contribution in [0.4, 0.5) is 11.5 Å². The number of amides is 1. The lowest BCUT2D eigenvalue weighted by molar-refractivity contribution is -0.114. The number of nitrogens with one attached hydrogen (secondary N) is 2. The topological polar surface area (TPSA) is 96.3 Å². The molecule has 2 heterocycles. The monoisotopic (exact) mass is 431 g/mol. The summed E-state index contributed by atoms with van der Waals surface area (Å²) in [6, 6.07) is 8.83. The van der Waals surface area contributed by atoms with E-state index in [1.165, 1.54) is 12.8 Å². The van der Waals surface area contributed by atoms with Crippen LogP contribution in [0, 0.1) is 0 Å². The van der Waals surface area contributed by atoms with Crippen molar-refractivity contribution in [1.82, 2.24) is 14.1 Å². The molecule has 8 nitrogen and oxygen atoms in total. The number of hydrogen-bond acceptors (Lipinski definition) is 5. The van der Waals surface area contributed by atoms with Crippen molar-refractivity contribution in [2.45, 2.75) is 55.9 Å². The second-order valence-electron chi connectivity index (χ2n) is 7.99. The van der Waals surface area contributed by atoms with E-state index in [0.717, 1.165) is 32.1 Å². The number of anilines is 2. The summed E-state index contributed by atoms with van der Waals surface area (Å²) in [5.74, 6) is 0.508. The van der Waals surface area contributed by atoms with E-state index in [0.29, 0.717) is 30.6 Å². The van der Waals surface area contributed by atoms with Gasteiger partial charge in [-0.05, 0) is 43.9 Å². The molecule has 1 aliphatic carbocycles. The standard InChI is InChI=1S/C21H29N5O3S/c27-21(24-20-11-12-23-26(20)18-8-2-3-9-18)16-22-17-7-6-10-19(15-17)30(28,29)25-13-4-1-5-14-25/h6-7,10-12,15,18,22H,1-5,8-9,13-14,16H2,(H,24,27). The minimum Gasteiger partial charge on any atom is -0.376 e. The molecular weight excluding hydrogens is 402 g/mol. The minimum absolute atomic E-state index is 0.0447. The number of hydrogen-bond donors (Lipinski definition) is 2. The van der Waals surface area contributed by atoms with Crippen LogP contribution in [-0.4, -0.2) is 48.0 Å². The SMILES string of the molecule is O=C(CNc1cccc(S(=O)(=O)N2CCCCC2)c1)Nc1ccnn1C1CCCC1. The maximum Gasteiger partial charge on any atom is 0.244 e. The molecule has 9 heteroatoms. The molecule has 0 spiro atoms. The van der Waals surface area contributed by atoms with Crippen LogP contribution in [0.3, 0.4) is 0 Å². The van der Waals surface area contributed by atoms with Crippen LogP contribution in [0.25, 0.3) is 0 Å². The Kier molecular flexibility index (Phi) is 6.38. The molecule has 2 fully saturated rings. The smallest absolute Gasteiger partial charge is 0.244 e. The highest BCUT2D eigenvalue weighted by Gasteiger charge is 2.26. The predicted molar refractivity (Wildman–Crippen MR) is 116 cm³/mol. The largest absolute Gasteiger partial charge is 0.376 e. The van der Waals surface area contributed by atoms with Gasteiger partial charge in [-0.2, -0.15) is 9.40 Å². The first-order valence-corrected chi connectivity index (χ1v) is 12.2. The molecule has 1 aliphatic heterocycles. The summed E-state index contributed by atoms with van der Waals surface area (Å²) < 4.78 is 29.2. The van der Waals surface area contributed by atoms with E-state index in [9.17, 15) is 13.2 Å². The van der Waals surface area contributed by atoms with Gasteiger partial charge in [0.1, 0.15) is 5.82 Å². The van der Waals surface area contributed by atoms with E-state index in [2.05, 4.69) is 15.7 Å². The first-order valence-electron chi connectivity index (χ1n) is 10.7. The van der Waals surface area contributed by atoms with Gasteiger partial charge in [-0.3, -0.25) is 4.79 Å². The van der Waals surface area contributed by atoms with Gasteiger partial charge < -0.3 is 10.6 Å². The molecule has 0 atom stereocenters. The number of carbonyl (C=O) groups is 1. The van der Waals surface area contributed by atoms with Gasteiger partial charge in [0, 0.05) is 24.8 Å². The number of nitrogens with zero attached hydrogens (tertiary/aromatic N) is 3. The summed E-state index contributed by atoms with van der Waals surface area (Å²) in [6.07, 6.45) is 9.12. The molecular formula is C21H29N5O3S. The van der Waals surface area contributed by atoms with Gasteiger partial charge in [0.15, 0.2) is 0 Å². The van der Waals surface area contributed by atoms with Crippen LogP contribution in [0.5, 0.6) is 0 Å². The Morgan fingerprint density at radius 2 is 1.83 bits per heavy atom. The maximum atomic E-state index is 12.9. The Morgan fingerprint density at radius 3 is 2.60 bits per heavy atom. The molecule has 30 heavy (non-hydrogen) atoms. The van der Waals surface area contributed by atoms with Gasteiger partial charge in [-0.25, -0.2) is 13.1 Å². The van der Waals surface area contributed by atoms with Crippen molar-refractivity contribution in [3.63, 3.8) is 0 Å². The maximum absolute atomic E-state index is 12.9. The first-order chi connectivity index (χ1) is 14.5. The molecule has 1 saturated carbocycles. The van der Waals surface area contributed by atoms with Crippen LogP contribution in [0.2, 0.25) is 0 Å². The minimum atomic E-state index is -3.50. The summed E-state index contributed by atoms with van der Waals surface area (Å²) in [7, 11) is -3.50. The fraction of sp³-hybridized carbons (Fsp3) is 0.524. The number of benzene rings is 1. The van der Waals surface area contributed by atoms with Crippen LogP contribution < -0.4 is 10.6 Å². The van der Waals surface area contributed by atoms with Crippen LogP contribution in [-0.2, 0) is 14.8 Å². The van der Waals surface area contributed by atoms with Crippen molar-refractivity contribution < 1.29 is 13.2 Å². The molecule has 1 aromatic carbocycles. The third-order valence-electron chi connectivity index (χ3n) is 5.85. The Balaban J connectivity index is 1.37. The Morgan fingerprint density at radius 1 is 1.07 bits per heavy atom. The molecule has 0 bridgehead atoms. The van der Waals surface area contributed by atoms with Crippen molar-refractivity contribution >= 4 is 27.4 Å². The van der Waals surface area contributed by atoms with Crippen molar-refractivity contribution in [2.24, 2.45) is 0 Å². The van der Waals surface area contributed by atoms with Crippen molar-refractivity contribution in [3.05, 3.63) is 36.5 Å². The van der Waals surface area contributed by atoms with E-state index in [-0.39, 0.29) is 17.3 Å². The van der Waals surface area contributed by atoms with Crippen molar-refractivity contribution in [1.29, 1.82) is 0 Å². The summed E-state index contributed by atoms with van der Waals surface area (Å²) in [5.41, 5.74) is 0.604. The van der Waals surface area contributed by atoms with Crippen LogP contribution in [0.1, 0.15) is 51.0 Å². The lowest BCUT2D eigenvalue weighted by Gasteiger charge is -2.26. The highest BCUT2D eigenvalue weighted by Crippen LogP contribution is 2.31. The van der Waals surface area contributed by atoms with E-state index >= 15 is 0 Å². The third-order valence-corrected chi connectivity index (χ3v) is 7.74. The number of carbonyl (C=O) groups excluding carboxylic acids is 1. The number of aromatic nitrogens is 2. The average Bonchev–Trinajstić information content (AvgIpc) is 3.45. The van der Waals surface area contributed by atoms with Gasteiger partial charge >= 0.3 is 0 Å². The number of sulfonamides is 1. The fourth-order valence-electron chi connectivity index (χ4n) is 4.24. The van der Waals surface area contributed by atoms with E-state index in [4.69, 9.17) is 0 Å². The van der Waals surface area contributed by atoms with Gasteiger partial charge in [0.25, 0.3) is 0 Å². The zero-order chi connectivity index (χ0) is 21.0. The van der Waals surface area contributed by atoms with Crippen molar-refractivity contribution in [3.8, 4) is 0 Å². The normalized spacial score (nSPS) is 18.4. The van der Waals surface area contributed by atoms with Gasteiger partial charge in [-0.15, -0.1) is 0 Å². The molecule has 2 N–H and O–H groups in total. The molecule has 1 saturated heterocycles. The average molecular weight is 432 g/mol. The summed E-state index contributed by atoms with van der Waals surface area (Å²) in [4.78, 5) is 12.7. The van der Waals surface area contributed by atoms with E-state index < -0.39 is 10.0 Å². The third kappa shape index (κ3) is 4.67. The molecule has 2 aromatic rings. The predicted octanol–water partition coefficient (Wildman–Crippen LogP) is 3.22. The molecule has 0 radical (unpaired) electrons. The zero-order valence-electron chi connectivity index (χ0n) is 17.1.